The van der Waals surface area contributed by atoms with E-state index >= 15 is 0 Å². The molecule has 1 aromatic heterocycles. The summed E-state index contributed by atoms with van der Waals surface area (Å²) in [5, 5.41) is 15.7. The van der Waals surface area contributed by atoms with E-state index in [1.54, 1.807) is 0 Å². The van der Waals surface area contributed by atoms with Crippen molar-refractivity contribution in [2.75, 3.05) is 69.4 Å². The van der Waals surface area contributed by atoms with Gasteiger partial charge in [0.2, 0.25) is 0 Å². The molecule has 204 valence electrons. The minimum Gasteiger partial charge on any atom is -0.462 e. The summed E-state index contributed by atoms with van der Waals surface area (Å²) in [6.07, 6.45) is 1.29. The normalized spacial score (nSPS) is 22.0. The molecule has 0 unspecified atom stereocenters. The van der Waals surface area contributed by atoms with Crippen molar-refractivity contribution >= 4 is 33.9 Å². The molecule has 10 heteroatoms. The summed E-state index contributed by atoms with van der Waals surface area (Å²) in [7, 11) is 2.10. The smallest absolute Gasteiger partial charge is 0.318 e. The number of likely N-dealkylation sites (N-methyl/N-ethyl adjacent to an activating group) is 1. The number of morpholine rings is 1. The minimum absolute atomic E-state index is 0.115. The van der Waals surface area contributed by atoms with Gasteiger partial charge >= 0.3 is 6.01 Å². The summed E-state index contributed by atoms with van der Waals surface area (Å²) in [6.45, 7) is 6.59. The fourth-order valence-corrected chi connectivity index (χ4v) is 6.09. The maximum Gasteiger partial charge on any atom is 0.318 e. The molecule has 9 nitrogen and oxygen atoms in total. The monoisotopic (exact) mass is 547 g/mol. The standard InChI is InChI=1S/C29H34ClN7O2/c1-35-14-15-38-18-22(35)19-39-29-33-25-17-36(26-7-3-5-20-4-2-6-24(30)27(20)26)12-9-23(25)28(34-29)37-13-11-32-21(16-37)8-10-31/h2-7,21-22,32H,8-9,11-19H2,1H3/t21-,22-/m0/s1. The third kappa shape index (κ3) is 5.48. The van der Waals surface area contributed by atoms with Gasteiger partial charge in [-0.3, -0.25) is 4.90 Å². The summed E-state index contributed by atoms with van der Waals surface area (Å²) < 4.78 is 11.9. The molecular weight excluding hydrogens is 514 g/mol. The van der Waals surface area contributed by atoms with Crippen LogP contribution in [0.5, 0.6) is 6.01 Å². The minimum atomic E-state index is 0.115. The number of fused-ring (bicyclic) bond motifs is 2. The highest BCUT2D eigenvalue weighted by Gasteiger charge is 2.30. The molecule has 6 rings (SSSR count). The summed E-state index contributed by atoms with van der Waals surface area (Å²) in [5.74, 6) is 0.934. The molecule has 2 fully saturated rings. The van der Waals surface area contributed by atoms with Gasteiger partial charge in [0.25, 0.3) is 0 Å². The molecule has 3 aliphatic heterocycles. The van der Waals surface area contributed by atoms with E-state index in [4.69, 9.17) is 31.0 Å². The van der Waals surface area contributed by atoms with Crippen LogP contribution in [-0.2, 0) is 17.7 Å². The van der Waals surface area contributed by atoms with Crippen LogP contribution in [0, 0.1) is 11.3 Å². The fraction of sp³-hybridized carbons (Fsp3) is 0.483. The molecule has 2 atom stereocenters. The quantitative estimate of drug-likeness (QED) is 0.499. The van der Waals surface area contributed by atoms with Crippen molar-refractivity contribution in [1.29, 1.82) is 5.26 Å². The molecular formula is C29H34ClN7O2. The predicted octanol–water partition coefficient (Wildman–Crippen LogP) is 3.25. The van der Waals surface area contributed by atoms with E-state index in [9.17, 15) is 5.26 Å². The Labute approximate surface area is 234 Å². The molecule has 3 aromatic rings. The molecule has 3 aliphatic rings. The lowest BCUT2D eigenvalue weighted by atomic mass is 10.0. The van der Waals surface area contributed by atoms with Crippen LogP contribution < -0.4 is 19.9 Å². The Kier molecular flexibility index (Phi) is 7.71. The number of ether oxygens (including phenoxy) is 2. The van der Waals surface area contributed by atoms with Crippen molar-refractivity contribution in [1.82, 2.24) is 20.2 Å². The van der Waals surface area contributed by atoms with Crippen molar-refractivity contribution in [3.8, 4) is 12.1 Å². The lowest BCUT2D eigenvalue weighted by Gasteiger charge is -2.37. The number of benzene rings is 2. The van der Waals surface area contributed by atoms with Crippen LogP contribution in [0.25, 0.3) is 10.8 Å². The Hall–Kier alpha value is -3.16. The Bertz CT molecular complexity index is 1370. The van der Waals surface area contributed by atoms with Gasteiger partial charge in [-0.25, -0.2) is 0 Å². The molecule has 0 aliphatic carbocycles. The number of piperazine rings is 1. The zero-order valence-corrected chi connectivity index (χ0v) is 23.0. The van der Waals surface area contributed by atoms with Gasteiger partial charge in [0, 0.05) is 55.4 Å². The van der Waals surface area contributed by atoms with Crippen molar-refractivity contribution in [3.05, 3.63) is 52.7 Å². The summed E-state index contributed by atoms with van der Waals surface area (Å²) in [5.41, 5.74) is 3.26. The number of halogens is 1. The highest BCUT2D eigenvalue weighted by molar-refractivity contribution is 6.36. The topological polar surface area (TPSA) is 89.8 Å². The molecule has 0 radical (unpaired) electrons. The van der Waals surface area contributed by atoms with E-state index in [1.165, 1.54) is 5.56 Å². The number of anilines is 2. The lowest BCUT2D eigenvalue weighted by Crippen LogP contribution is -2.51. The highest BCUT2D eigenvalue weighted by Crippen LogP contribution is 2.37. The average Bonchev–Trinajstić information content (AvgIpc) is 2.96. The third-order valence-corrected chi connectivity index (χ3v) is 8.33. The van der Waals surface area contributed by atoms with Gasteiger partial charge in [-0.05, 0) is 31.0 Å². The number of aromatic nitrogens is 2. The SMILES string of the molecule is CN1CCOC[C@H]1COc1nc2c(c(N3CCN[C@@H](CC#N)C3)n1)CCN(c1cccc3cccc(Cl)c13)C2. The predicted molar refractivity (Wildman–Crippen MR) is 153 cm³/mol. The van der Waals surface area contributed by atoms with Crippen LogP contribution in [-0.4, -0.2) is 86.5 Å². The molecule has 0 spiro atoms. The van der Waals surface area contributed by atoms with Crippen LogP contribution in [0.4, 0.5) is 11.5 Å². The Morgan fingerprint density at radius 2 is 2.03 bits per heavy atom. The average molecular weight is 548 g/mol. The molecule has 2 saturated heterocycles. The molecule has 2 aromatic carbocycles. The first kappa shape index (κ1) is 26.1. The number of nitriles is 1. The molecule has 0 bridgehead atoms. The van der Waals surface area contributed by atoms with Crippen molar-refractivity contribution in [2.24, 2.45) is 0 Å². The Morgan fingerprint density at radius 1 is 1.15 bits per heavy atom. The van der Waals surface area contributed by atoms with Crippen molar-refractivity contribution < 1.29 is 9.47 Å². The highest BCUT2D eigenvalue weighted by atomic mass is 35.5. The first-order valence-corrected chi connectivity index (χ1v) is 14.1. The van der Waals surface area contributed by atoms with Gasteiger partial charge in [-0.15, -0.1) is 0 Å². The molecule has 1 N–H and O–H groups in total. The largest absolute Gasteiger partial charge is 0.462 e. The van der Waals surface area contributed by atoms with E-state index in [0.29, 0.717) is 32.2 Å². The van der Waals surface area contributed by atoms with Crippen LogP contribution in [0.3, 0.4) is 0 Å². The third-order valence-electron chi connectivity index (χ3n) is 8.01. The summed E-state index contributed by atoms with van der Waals surface area (Å²) >= 11 is 6.68. The molecule has 0 saturated carbocycles. The van der Waals surface area contributed by atoms with Crippen LogP contribution >= 0.6 is 11.6 Å². The van der Waals surface area contributed by atoms with E-state index < -0.39 is 0 Å². The van der Waals surface area contributed by atoms with Gasteiger partial charge in [-0.1, -0.05) is 35.9 Å². The van der Waals surface area contributed by atoms with E-state index in [1.807, 2.05) is 12.1 Å². The second kappa shape index (κ2) is 11.5. The maximum atomic E-state index is 9.28. The van der Waals surface area contributed by atoms with Gasteiger partial charge in [-0.2, -0.15) is 15.2 Å². The van der Waals surface area contributed by atoms with Gasteiger partial charge in [0.1, 0.15) is 12.4 Å². The van der Waals surface area contributed by atoms with Gasteiger partial charge in [0.05, 0.1) is 49.0 Å². The summed E-state index contributed by atoms with van der Waals surface area (Å²) in [4.78, 5) is 16.8. The zero-order chi connectivity index (χ0) is 26.8. The maximum absolute atomic E-state index is 9.28. The fourth-order valence-electron chi connectivity index (χ4n) is 5.81. The Balaban J connectivity index is 1.33. The number of nitrogens with one attached hydrogen (secondary N) is 1. The second-order valence-corrected chi connectivity index (χ2v) is 10.9. The molecule has 0 amide bonds. The van der Waals surface area contributed by atoms with Crippen LogP contribution in [0.2, 0.25) is 5.02 Å². The van der Waals surface area contributed by atoms with E-state index in [-0.39, 0.29) is 12.1 Å². The van der Waals surface area contributed by atoms with Crippen molar-refractivity contribution in [3.63, 3.8) is 0 Å². The molecule has 4 heterocycles. The Morgan fingerprint density at radius 3 is 2.87 bits per heavy atom. The second-order valence-electron chi connectivity index (χ2n) is 10.5. The lowest BCUT2D eigenvalue weighted by molar-refractivity contribution is -0.0120. The number of rotatable bonds is 6. The zero-order valence-electron chi connectivity index (χ0n) is 22.3. The number of hydrogen-bond acceptors (Lipinski definition) is 9. The number of hydrogen-bond donors (Lipinski definition) is 1. The van der Waals surface area contributed by atoms with Crippen LogP contribution in [0.1, 0.15) is 17.7 Å². The summed E-state index contributed by atoms with van der Waals surface area (Å²) in [6, 6.07) is 15.3. The van der Waals surface area contributed by atoms with E-state index in [0.717, 1.165) is 78.7 Å². The van der Waals surface area contributed by atoms with Crippen molar-refractivity contribution in [2.45, 2.75) is 31.5 Å². The first-order chi connectivity index (χ1) is 19.1. The van der Waals surface area contributed by atoms with E-state index in [2.05, 4.69) is 57.4 Å². The van der Waals surface area contributed by atoms with Gasteiger partial charge in [0.15, 0.2) is 0 Å². The molecule has 39 heavy (non-hydrogen) atoms. The van der Waals surface area contributed by atoms with Crippen LogP contribution in [0.15, 0.2) is 36.4 Å². The number of nitrogens with zero attached hydrogens (tertiary/aromatic N) is 6. The van der Waals surface area contributed by atoms with Gasteiger partial charge < -0.3 is 24.6 Å². The first-order valence-electron chi connectivity index (χ1n) is 13.7.